The van der Waals surface area contributed by atoms with Crippen LogP contribution in [0.2, 0.25) is 0 Å². The molecule has 2 saturated carbocycles. The number of halogens is 2. The predicted octanol–water partition coefficient (Wildman–Crippen LogP) is 9.34. The normalized spacial score (nSPS) is 25.5. The van der Waals surface area contributed by atoms with Crippen LogP contribution in [0.5, 0.6) is 5.75 Å². The summed E-state index contributed by atoms with van der Waals surface area (Å²) in [6.07, 6.45) is 17.8. The molecule has 2 aliphatic carbocycles. The molecule has 0 aliphatic heterocycles. The maximum Gasteiger partial charge on any atom is 0.134 e. The van der Waals surface area contributed by atoms with Crippen molar-refractivity contribution in [3.05, 3.63) is 53.6 Å². The summed E-state index contributed by atoms with van der Waals surface area (Å²) in [5.74, 6) is 2.54. The molecule has 0 radical (unpaired) electrons. The van der Waals surface area contributed by atoms with E-state index in [2.05, 4.69) is 6.92 Å². The van der Waals surface area contributed by atoms with Crippen molar-refractivity contribution in [1.82, 2.24) is 0 Å². The standard InChI is InChI=1S/C30H40F2O/c1-3-5-7-8-9-21-10-11-23-16-24(13-12-22(23)15-21)27-20-28-25(18-29(27)31)17-26(19-30(28)32)33-14-6-4-2/h4,6,17-24H,3,5,7-16H2,1-2H3/b6-4+. The monoisotopic (exact) mass is 454 g/mol. The molecule has 180 valence electrons. The van der Waals surface area contributed by atoms with Crippen LogP contribution >= 0.6 is 0 Å². The van der Waals surface area contributed by atoms with Gasteiger partial charge in [-0.1, -0.05) is 57.6 Å². The lowest BCUT2D eigenvalue weighted by atomic mass is 9.63. The van der Waals surface area contributed by atoms with Gasteiger partial charge in [-0.05, 0) is 91.8 Å². The van der Waals surface area contributed by atoms with Crippen LogP contribution in [0.25, 0.3) is 10.8 Å². The Kier molecular flexibility index (Phi) is 8.44. The molecular formula is C30H40F2O. The van der Waals surface area contributed by atoms with Crippen molar-refractivity contribution in [3.63, 3.8) is 0 Å². The Labute approximate surface area is 198 Å². The molecule has 4 rings (SSSR count). The van der Waals surface area contributed by atoms with Crippen LogP contribution in [0.4, 0.5) is 8.78 Å². The molecule has 2 fully saturated rings. The average molecular weight is 455 g/mol. The van der Waals surface area contributed by atoms with Gasteiger partial charge in [-0.15, -0.1) is 0 Å². The Morgan fingerprint density at radius 2 is 1.73 bits per heavy atom. The van der Waals surface area contributed by atoms with Crippen LogP contribution in [0.15, 0.2) is 36.4 Å². The summed E-state index contributed by atoms with van der Waals surface area (Å²) in [7, 11) is 0. The van der Waals surface area contributed by atoms with E-state index in [1.807, 2.05) is 19.1 Å². The molecule has 0 spiro atoms. The van der Waals surface area contributed by atoms with E-state index in [4.69, 9.17) is 4.74 Å². The molecule has 3 heteroatoms. The van der Waals surface area contributed by atoms with Gasteiger partial charge in [-0.3, -0.25) is 0 Å². The van der Waals surface area contributed by atoms with E-state index in [0.717, 1.165) is 24.7 Å². The molecular weight excluding hydrogens is 414 g/mol. The summed E-state index contributed by atoms with van der Waals surface area (Å²) in [4.78, 5) is 0. The summed E-state index contributed by atoms with van der Waals surface area (Å²) < 4.78 is 35.6. The third-order valence-corrected chi connectivity index (χ3v) is 8.20. The molecule has 0 heterocycles. The minimum Gasteiger partial charge on any atom is -0.489 e. The zero-order chi connectivity index (χ0) is 23.2. The SMILES string of the molecule is C/C=C/COc1cc(F)c2cc(C3CCC4CC(CCCCCC)CCC4C3)c(F)cc2c1. The zero-order valence-electron chi connectivity index (χ0n) is 20.4. The first-order chi connectivity index (χ1) is 16.1. The molecule has 0 aromatic heterocycles. The van der Waals surface area contributed by atoms with E-state index >= 15 is 4.39 Å². The smallest absolute Gasteiger partial charge is 0.134 e. The van der Waals surface area contributed by atoms with E-state index in [9.17, 15) is 4.39 Å². The van der Waals surface area contributed by atoms with Gasteiger partial charge in [0.2, 0.25) is 0 Å². The summed E-state index contributed by atoms with van der Waals surface area (Å²) in [6, 6.07) is 6.45. The number of hydrogen-bond donors (Lipinski definition) is 0. The van der Waals surface area contributed by atoms with E-state index in [0.29, 0.717) is 34.6 Å². The quantitative estimate of drug-likeness (QED) is 0.271. The lowest BCUT2D eigenvalue weighted by molar-refractivity contribution is 0.112. The van der Waals surface area contributed by atoms with Gasteiger partial charge >= 0.3 is 0 Å². The molecule has 4 atom stereocenters. The van der Waals surface area contributed by atoms with Gasteiger partial charge < -0.3 is 4.74 Å². The van der Waals surface area contributed by atoms with Gasteiger partial charge in [-0.25, -0.2) is 8.78 Å². The summed E-state index contributed by atoms with van der Waals surface area (Å²) >= 11 is 0. The van der Waals surface area contributed by atoms with Crippen LogP contribution < -0.4 is 4.74 Å². The number of benzene rings is 2. The van der Waals surface area contributed by atoms with Crippen LogP contribution in [0.3, 0.4) is 0 Å². The Bertz CT molecular complexity index is 950. The second-order valence-electron chi connectivity index (χ2n) is 10.4. The first-order valence-electron chi connectivity index (χ1n) is 13.3. The highest BCUT2D eigenvalue weighted by Crippen LogP contribution is 2.49. The van der Waals surface area contributed by atoms with Crippen molar-refractivity contribution < 1.29 is 13.5 Å². The van der Waals surface area contributed by atoms with Crippen molar-refractivity contribution in [2.45, 2.75) is 90.4 Å². The Hall–Kier alpha value is -1.90. The number of allylic oxidation sites excluding steroid dienone is 1. The maximum absolute atomic E-state index is 15.2. The van der Waals surface area contributed by atoms with Gasteiger partial charge in [0.15, 0.2) is 0 Å². The van der Waals surface area contributed by atoms with E-state index in [1.165, 1.54) is 69.9 Å². The van der Waals surface area contributed by atoms with E-state index in [1.54, 1.807) is 12.1 Å². The van der Waals surface area contributed by atoms with E-state index in [-0.39, 0.29) is 17.6 Å². The van der Waals surface area contributed by atoms with Crippen LogP contribution in [-0.4, -0.2) is 6.61 Å². The Balaban J connectivity index is 1.42. The number of unbranched alkanes of at least 4 members (excludes halogenated alkanes) is 3. The molecule has 33 heavy (non-hydrogen) atoms. The maximum atomic E-state index is 15.2. The Morgan fingerprint density at radius 3 is 2.55 bits per heavy atom. The first-order valence-corrected chi connectivity index (χ1v) is 13.3. The van der Waals surface area contributed by atoms with Gasteiger partial charge in [-0.2, -0.15) is 0 Å². The molecule has 4 unspecified atom stereocenters. The molecule has 2 aliphatic rings. The number of ether oxygens (including phenoxy) is 1. The Morgan fingerprint density at radius 1 is 0.909 bits per heavy atom. The van der Waals surface area contributed by atoms with Crippen LogP contribution in [0.1, 0.15) is 96.0 Å². The van der Waals surface area contributed by atoms with Crippen molar-refractivity contribution in [3.8, 4) is 5.75 Å². The molecule has 0 bridgehead atoms. The highest BCUT2D eigenvalue weighted by molar-refractivity contribution is 5.85. The average Bonchev–Trinajstić information content (AvgIpc) is 2.81. The second kappa shape index (κ2) is 11.5. The van der Waals surface area contributed by atoms with Gasteiger partial charge in [0.25, 0.3) is 0 Å². The summed E-state index contributed by atoms with van der Waals surface area (Å²) in [6.45, 7) is 4.57. The first kappa shape index (κ1) is 24.2. The molecule has 1 nitrogen and oxygen atoms in total. The third kappa shape index (κ3) is 5.97. The fourth-order valence-corrected chi connectivity index (χ4v) is 6.36. The largest absolute Gasteiger partial charge is 0.489 e. The molecule has 0 saturated heterocycles. The van der Waals surface area contributed by atoms with Gasteiger partial charge in [0, 0.05) is 11.5 Å². The minimum absolute atomic E-state index is 0.194. The number of hydrogen-bond acceptors (Lipinski definition) is 1. The predicted molar refractivity (Wildman–Crippen MR) is 134 cm³/mol. The van der Waals surface area contributed by atoms with Crippen molar-refractivity contribution in [1.29, 1.82) is 0 Å². The van der Waals surface area contributed by atoms with Crippen LogP contribution in [-0.2, 0) is 0 Å². The topological polar surface area (TPSA) is 9.23 Å². The summed E-state index contributed by atoms with van der Waals surface area (Å²) in [5.41, 5.74) is 0.712. The van der Waals surface area contributed by atoms with Crippen LogP contribution in [0, 0.1) is 29.4 Å². The lowest BCUT2D eigenvalue weighted by Gasteiger charge is -2.42. The van der Waals surface area contributed by atoms with Gasteiger partial charge in [0.1, 0.15) is 24.0 Å². The van der Waals surface area contributed by atoms with Crippen molar-refractivity contribution in [2.75, 3.05) is 6.61 Å². The van der Waals surface area contributed by atoms with Gasteiger partial charge in [0.05, 0.1) is 0 Å². The number of fused-ring (bicyclic) bond motifs is 2. The highest BCUT2D eigenvalue weighted by Gasteiger charge is 2.36. The van der Waals surface area contributed by atoms with Crippen molar-refractivity contribution >= 4 is 10.8 Å². The molecule has 2 aromatic carbocycles. The molecule has 0 N–H and O–H groups in total. The van der Waals surface area contributed by atoms with E-state index < -0.39 is 0 Å². The second-order valence-corrected chi connectivity index (χ2v) is 10.4. The van der Waals surface area contributed by atoms with Crippen molar-refractivity contribution in [2.24, 2.45) is 17.8 Å². The lowest BCUT2D eigenvalue weighted by Crippen LogP contribution is -2.30. The fourth-order valence-electron chi connectivity index (χ4n) is 6.36. The minimum atomic E-state index is -0.332. The summed E-state index contributed by atoms with van der Waals surface area (Å²) in [5, 5.41) is 1.08. The fraction of sp³-hybridized carbons (Fsp3) is 0.600. The highest BCUT2D eigenvalue weighted by atomic mass is 19.1. The number of rotatable bonds is 9. The molecule has 2 aromatic rings. The third-order valence-electron chi connectivity index (χ3n) is 8.20. The molecule has 0 amide bonds. The zero-order valence-corrected chi connectivity index (χ0v) is 20.4.